The Bertz CT molecular complexity index is 561. The van der Waals surface area contributed by atoms with Crippen molar-refractivity contribution in [2.45, 2.75) is 6.92 Å². The van der Waals surface area contributed by atoms with E-state index in [4.69, 9.17) is 5.11 Å². The fourth-order valence-corrected chi connectivity index (χ4v) is 1.16. The molecule has 0 spiro atoms. The summed E-state index contributed by atoms with van der Waals surface area (Å²) in [7, 11) is 0. The second-order valence-electron chi connectivity index (χ2n) is 3.56. The number of nitrogens with zero attached hydrogens (tertiary/aromatic N) is 1. The van der Waals surface area contributed by atoms with E-state index in [1.54, 1.807) is 5.32 Å². The van der Waals surface area contributed by atoms with Crippen molar-refractivity contribution in [3.63, 3.8) is 0 Å². The normalized spacial score (nSPS) is 11.7. The summed E-state index contributed by atoms with van der Waals surface area (Å²) in [6.07, 6.45) is 0. The van der Waals surface area contributed by atoms with Gasteiger partial charge < -0.3 is 10.4 Å². The van der Waals surface area contributed by atoms with E-state index in [9.17, 15) is 28.5 Å². The summed E-state index contributed by atoms with van der Waals surface area (Å²) < 4.78 is 26.4. The third kappa shape index (κ3) is 3.00. The molecule has 1 rings (SSSR count). The van der Waals surface area contributed by atoms with Gasteiger partial charge >= 0.3 is 5.97 Å². The number of anilines is 1. The van der Waals surface area contributed by atoms with Crippen LogP contribution in [0.1, 0.15) is 6.92 Å². The van der Waals surface area contributed by atoms with Gasteiger partial charge in [0.2, 0.25) is 5.91 Å². The first-order valence-corrected chi connectivity index (χ1v) is 4.91. The highest BCUT2D eigenvalue weighted by Gasteiger charge is 2.27. The number of carbonyl (C=O) groups is 2. The maximum Gasteiger partial charge on any atom is 0.315 e. The number of carboxylic acid groups (broad SMARTS) is 1. The van der Waals surface area contributed by atoms with Crippen molar-refractivity contribution in [3.8, 4) is 0 Å². The quantitative estimate of drug-likeness (QED) is 0.491. The van der Waals surface area contributed by atoms with E-state index in [2.05, 4.69) is 0 Å². The fourth-order valence-electron chi connectivity index (χ4n) is 1.16. The Labute approximate surface area is 105 Å². The molecule has 0 heterocycles. The molecule has 1 aromatic carbocycles. The smallest absolute Gasteiger partial charge is 0.315 e. The van der Waals surface area contributed by atoms with Crippen molar-refractivity contribution in [1.29, 1.82) is 0 Å². The number of rotatable bonds is 4. The zero-order valence-electron chi connectivity index (χ0n) is 9.52. The van der Waals surface area contributed by atoms with Crippen LogP contribution in [0.2, 0.25) is 0 Å². The molecule has 102 valence electrons. The van der Waals surface area contributed by atoms with Crippen LogP contribution in [0, 0.1) is 27.7 Å². The molecular weight excluding hydrogens is 266 g/mol. The number of hydrogen-bond donors (Lipinski definition) is 2. The fraction of sp³-hybridized carbons (Fsp3) is 0.200. The average molecular weight is 274 g/mol. The van der Waals surface area contributed by atoms with Crippen LogP contribution in [0.25, 0.3) is 0 Å². The van der Waals surface area contributed by atoms with Gasteiger partial charge in [0.15, 0.2) is 17.3 Å². The molecule has 1 amide bonds. The Kier molecular flexibility index (Phi) is 4.10. The van der Waals surface area contributed by atoms with E-state index < -0.39 is 45.7 Å². The molecule has 19 heavy (non-hydrogen) atoms. The highest BCUT2D eigenvalue weighted by atomic mass is 19.2. The van der Waals surface area contributed by atoms with Crippen molar-refractivity contribution < 1.29 is 28.4 Å². The predicted octanol–water partition coefficient (Wildman–Crippen LogP) is 1.53. The van der Waals surface area contributed by atoms with E-state index in [0.717, 1.165) is 6.92 Å². The molecule has 1 unspecified atom stereocenters. The van der Waals surface area contributed by atoms with Crippen molar-refractivity contribution in [1.82, 2.24) is 0 Å². The highest BCUT2D eigenvalue weighted by Crippen LogP contribution is 2.29. The number of nitro groups is 1. The van der Waals surface area contributed by atoms with Gasteiger partial charge in [-0.15, -0.1) is 0 Å². The third-order valence-electron chi connectivity index (χ3n) is 2.28. The number of hydrogen-bond acceptors (Lipinski definition) is 4. The molecule has 0 aromatic heterocycles. The lowest BCUT2D eigenvalue weighted by Gasteiger charge is -2.09. The first-order valence-electron chi connectivity index (χ1n) is 4.91. The van der Waals surface area contributed by atoms with Gasteiger partial charge in [-0.1, -0.05) is 0 Å². The lowest BCUT2D eigenvalue weighted by molar-refractivity contribution is -0.384. The van der Waals surface area contributed by atoms with Gasteiger partial charge in [0.25, 0.3) is 5.69 Å². The number of amides is 1. The van der Waals surface area contributed by atoms with Gasteiger partial charge in [-0.25, -0.2) is 8.78 Å². The lowest BCUT2D eigenvalue weighted by atomic mass is 10.1. The third-order valence-corrected chi connectivity index (χ3v) is 2.28. The minimum absolute atomic E-state index is 0.531. The largest absolute Gasteiger partial charge is 0.481 e. The first kappa shape index (κ1) is 14.5. The Morgan fingerprint density at radius 2 is 2.00 bits per heavy atom. The molecule has 0 aliphatic carbocycles. The molecular formula is C10H8F2N2O5. The molecule has 0 saturated carbocycles. The maximum atomic E-state index is 13.4. The van der Waals surface area contributed by atoms with Crippen molar-refractivity contribution in [2.75, 3.05) is 5.32 Å². The number of carboxylic acids is 1. The van der Waals surface area contributed by atoms with Gasteiger partial charge in [0.1, 0.15) is 5.92 Å². The van der Waals surface area contributed by atoms with Gasteiger partial charge in [-0.3, -0.25) is 19.7 Å². The average Bonchev–Trinajstić information content (AvgIpc) is 2.33. The summed E-state index contributed by atoms with van der Waals surface area (Å²) in [4.78, 5) is 31.5. The minimum atomic E-state index is -1.62. The molecule has 0 aliphatic rings. The van der Waals surface area contributed by atoms with E-state index in [1.165, 1.54) is 0 Å². The van der Waals surface area contributed by atoms with Crippen LogP contribution < -0.4 is 5.32 Å². The lowest BCUT2D eigenvalue weighted by Crippen LogP contribution is -2.27. The Morgan fingerprint density at radius 1 is 1.42 bits per heavy atom. The molecule has 1 atom stereocenters. The summed E-state index contributed by atoms with van der Waals surface area (Å²) in [6.45, 7) is 1.00. The van der Waals surface area contributed by atoms with Crippen LogP contribution in [0.5, 0.6) is 0 Å². The number of nitrogens with one attached hydrogen (secondary N) is 1. The topological polar surface area (TPSA) is 110 Å². The van der Waals surface area contributed by atoms with E-state index in [1.807, 2.05) is 0 Å². The second kappa shape index (κ2) is 5.38. The molecule has 0 aliphatic heterocycles. The van der Waals surface area contributed by atoms with E-state index in [0.29, 0.717) is 12.1 Å². The number of carbonyl (C=O) groups excluding carboxylic acids is 1. The molecule has 0 fully saturated rings. The van der Waals surface area contributed by atoms with Crippen LogP contribution in [-0.2, 0) is 9.59 Å². The van der Waals surface area contributed by atoms with Crippen LogP contribution >= 0.6 is 0 Å². The van der Waals surface area contributed by atoms with Crippen LogP contribution in [0.3, 0.4) is 0 Å². The maximum absolute atomic E-state index is 13.4. The van der Waals surface area contributed by atoms with E-state index >= 15 is 0 Å². The zero-order chi connectivity index (χ0) is 14.7. The van der Waals surface area contributed by atoms with Crippen LogP contribution in [0.4, 0.5) is 20.2 Å². The van der Waals surface area contributed by atoms with Crippen molar-refractivity contribution in [2.24, 2.45) is 5.92 Å². The second-order valence-corrected chi connectivity index (χ2v) is 3.56. The van der Waals surface area contributed by atoms with Gasteiger partial charge in [-0.05, 0) is 13.0 Å². The Hall–Kier alpha value is -2.58. The summed E-state index contributed by atoms with van der Waals surface area (Å²) in [5.41, 5.74) is -1.87. The van der Waals surface area contributed by atoms with Crippen molar-refractivity contribution >= 4 is 23.3 Å². The van der Waals surface area contributed by atoms with Crippen LogP contribution in [0.15, 0.2) is 12.1 Å². The monoisotopic (exact) mass is 274 g/mol. The number of aliphatic carboxylic acids is 1. The number of nitro benzene ring substituents is 1. The summed E-state index contributed by atoms with van der Waals surface area (Å²) in [5.74, 6) is -7.29. The highest BCUT2D eigenvalue weighted by molar-refractivity contribution is 6.04. The zero-order valence-corrected chi connectivity index (χ0v) is 9.52. The summed E-state index contributed by atoms with van der Waals surface area (Å²) in [6, 6.07) is 1.20. The molecule has 0 radical (unpaired) electrons. The number of halogens is 2. The standard InChI is InChI=1S/C10H8F2N2O5/c1-4(10(16)17)9(15)13-8-6(14(18)19)3-2-5(11)7(8)12/h2-4H,1H3,(H,13,15)(H,16,17). The van der Waals surface area contributed by atoms with E-state index in [-0.39, 0.29) is 0 Å². The van der Waals surface area contributed by atoms with Gasteiger partial charge in [0.05, 0.1) is 4.92 Å². The molecule has 0 saturated heterocycles. The first-order chi connectivity index (χ1) is 8.75. The van der Waals surface area contributed by atoms with Gasteiger partial charge in [0, 0.05) is 6.07 Å². The Balaban J connectivity index is 3.19. The molecule has 2 N–H and O–H groups in total. The summed E-state index contributed by atoms with van der Waals surface area (Å²) >= 11 is 0. The molecule has 9 heteroatoms. The Morgan fingerprint density at radius 3 is 2.47 bits per heavy atom. The number of benzene rings is 1. The molecule has 7 nitrogen and oxygen atoms in total. The minimum Gasteiger partial charge on any atom is -0.481 e. The summed E-state index contributed by atoms with van der Waals surface area (Å²) in [5, 5.41) is 20.9. The van der Waals surface area contributed by atoms with Crippen LogP contribution in [-0.4, -0.2) is 21.9 Å². The molecule has 1 aromatic rings. The predicted molar refractivity (Wildman–Crippen MR) is 58.4 cm³/mol. The van der Waals surface area contributed by atoms with Crippen molar-refractivity contribution in [3.05, 3.63) is 33.9 Å². The van der Waals surface area contributed by atoms with Gasteiger partial charge in [-0.2, -0.15) is 0 Å². The molecule has 0 bridgehead atoms. The SMILES string of the molecule is CC(C(=O)O)C(=O)Nc1c([N+](=O)[O-])ccc(F)c1F.